The molecule has 36 heavy (non-hydrogen) atoms. The van der Waals surface area contributed by atoms with E-state index in [1.807, 2.05) is 18.9 Å². The minimum absolute atomic E-state index is 0.00698. The number of nitrogens with zero attached hydrogens (tertiary/aromatic N) is 5. The van der Waals surface area contributed by atoms with Crippen LogP contribution in [0.3, 0.4) is 0 Å². The second-order valence-corrected chi connectivity index (χ2v) is 9.01. The predicted molar refractivity (Wildman–Crippen MR) is 134 cm³/mol. The second-order valence-electron chi connectivity index (χ2n) is 9.01. The molecule has 4 rings (SSSR count). The van der Waals surface area contributed by atoms with Crippen molar-refractivity contribution in [2.75, 3.05) is 25.5 Å². The van der Waals surface area contributed by atoms with Crippen LogP contribution in [0, 0.1) is 0 Å². The van der Waals surface area contributed by atoms with Crippen molar-refractivity contribution in [3.05, 3.63) is 59.4 Å². The Bertz CT molecular complexity index is 1230. The molecule has 0 spiro atoms. The van der Waals surface area contributed by atoms with Crippen LogP contribution in [0.15, 0.2) is 48.2 Å². The smallest absolute Gasteiger partial charge is 0.279 e. The lowest BCUT2D eigenvalue weighted by Crippen LogP contribution is -2.47. The fraction of sp³-hybridized carbons (Fsp3) is 0.400. The van der Waals surface area contributed by atoms with Crippen molar-refractivity contribution >= 4 is 17.6 Å². The number of rotatable bonds is 8. The van der Waals surface area contributed by atoms with Crippen molar-refractivity contribution in [3.8, 4) is 11.5 Å². The summed E-state index contributed by atoms with van der Waals surface area (Å²) < 4.78 is 1.67. The highest BCUT2D eigenvalue weighted by atomic mass is 16.3. The zero-order valence-electron chi connectivity index (χ0n) is 21.1. The number of aromatic nitrogens is 2. The predicted octanol–water partition coefficient (Wildman–Crippen LogP) is 2.15. The summed E-state index contributed by atoms with van der Waals surface area (Å²) in [5, 5.41) is 29.7. The van der Waals surface area contributed by atoms with Gasteiger partial charge in [-0.1, -0.05) is 26.5 Å². The van der Waals surface area contributed by atoms with E-state index in [1.54, 1.807) is 28.8 Å². The van der Waals surface area contributed by atoms with Gasteiger partial charge in [-0.25, -0.2) is 0 Å². The Hall–Kier alpha value is -4.15. The fourth-order valence-electron chi connectivity index (χ4n) is 4.63. The number of benzene rings is 1. The highest BCUT2D eigenvalue weighted by molar-refractivity contribution is 5.96. The maximum absolute atomic E-state index is 13.3. The van der Waals surface area contributed by atoms with Crippen LogP contribution in [0.2, 0.25) is 0 Å². The molecule has 0 saturated carbocycles. The number of phenols is 2. The Morgan fingerprint density at radius 1 is 1.11 bits per heavy atom. The molecule has 1 unspecified atom stereocenters. The van der Waals surface area contributed by atoms with E-state index in [4.69, 9.17) is 0 Å². The normalized spacial score (nSPS) is 17.6. The number of phenolic OH excluding ortho intramolecular Hbond substituents is 2. The van der Waals surface area contributed by atoms with Gasteiger partial charge in [-0.3, -0.25) is 19.2 Å². The molecule has 1 aromatic carbocycles. The Morgan fingerprint density at radius 2 is 1.81 bits per heavy atom. The van der Waals surface area contributed by atoms with E-state index in [0.717, 1.165) is 30.9 Å². The van der Waals surface area contributed by atoms with Crippen LogP contribution in [0.5, 0.6) is 11.5 Å². The van der Waals surface area contributed by atoms with Crippen LogP contribution >= 0.6 is 0 Å². The Morgan fingerprint density at radius 3 is 2.47 bits per heavy atom. The molecule has 0 fully saturated rings. The highest BCUT2D eigenvalue weighted by Crippen LogP contribution is 2.38. The highest BCUT2D eigenvalue weighted by Gasteiger charge is 2.44. The number of carbonyl (C=O) groups is 2. The molecule has 192 valence electrons. The third-order valence-corrected chi connectivity index (χ3v) is 6.33. The van der Waals surface area contributed by atoms with Crippen LogP contribution in [-0.4, -0.2) is 66.6 Å². The van der Waals surface area contributed by atoms with Crippen LogP contribution < -0.4 is 10.6 Å². The number of aromatic hydroxyl groups is 2. The maximum atomic E-state index is 13.3. The summed E-state index contributed by atoms with van der Waals surface area (Å²) in [6, 6.07) is 6.03. The van der Waals surface area contributed by atoms with E-state index in [-0.39, 0.29) is 35.9 Å². The molecule has 2 amide bonds. The summed E-state index contributed by atoms with van der Waals surface area (Å²) >= 11 is 0. The molecule has 0 aliphatic carbocycles. The van der Waals surface area contributed by atoms with E-state index in [0.29, 0.717) is 29.4 Å². The molecular weight excluding hydrogens is 462 g/mol. The number of hydrogen-bond donors (Lipinski definition) is 4. The molecule has 0 bridgehead atoms. The molecule has 3 heterocycles. The molecule has 11 heteroatoms. The van der Waals surface area contributed by atoms with Crippen molar-refractivity contribution in [2.45, 2.75) is 39.3 Å². The third-order valence-electron chi connectivity index (χ3n) is 6.33. The van der Waals surface area contributed by atoms with Crippen molar-refractivity contribution in [2.24, 2.45) is 7.05 Å². The number of aryl methyl sites for hydroxylation is 1. The van der Waals surface area contributed by atoms with E-state index in [2.05, 4.69) is 34.1 Å². The number of carbonyl (C=O) groups excluding carboxylic acids is 2. The first-order valence-electron chi connectivity index (χ1n) is 12.0. The van der Waals surface area contributed by atoms with Gasteiger partial charge in [-0.2, -0.15) is 5.10 Å². The lowest BCUT2D eigenvalue weighted by Gasteiger charge is -2.40. The van der Waals surface area contributed by atoms with Crippen LogP contribution in [0.25, 0.3) is 0 Å². The largest absolute Gasteiger partial charge is 0.504 e. The maximum Gasteiger partial charge on any atom is 0.279 e. The zero-order valence-corrected chi connectivity index (χ0v) is 21.1. The average Bonchev–Trinajstić information content (AvgIpc) is 3.35. The van der Waals surface area contributed by atoms with Crippen LogP contribution in [-0.2, 0) is 23.1 Å². The molecule has 2 aliphatic rings. The van der Waals surface area contributed by atoms with Crippen LogP contribution in [0.4, 0.5) is 5.82 Å². The lowest BCUT2D eigenvalue weighted by molar-refractivity contribution is -0.128. The zero-order chi connectivity index (χ0) is 26.1. The molecule has 0 saturated heterocycles. The fourth-order valence-corrected chi connectivity index (χ4v) is 4.63. The minimum Gasteiger partial charge on any atom is -0.504 e. The molecular formula is C25H33N7O4. The molecule has 1 atom stereocenters. The quantitative estimate of drug-likeness (QED) is 0.411. The molecule has 2 aliphatic heterocycles. The van der Waals surface area contributed by atoms with Gasteiger partial charge in [0.1, 0.15) is 23.5 Å². The van der Waals surface area contributed by atoms with Crippen LogP contribution in [0.1, 0.15) is 44.1 Å². The average molecular weight is 496 g/mol. The summed E-state index contributed by atoms with van der Waals surface area (Å²) in [5.41, 5.74) is 1.84. The lowest BCUT2D eigenvalue weighted by atomic mass is 10.1. The monoisotopic (exact) mass is 495 g/mol. The van der Waals surface area contributed by atoms with E-state index >= 15 is 0 Å². The van der Waals surface area contributed by atoms with E-state index in [1.165, 1.54) is 12.1 Å². The van der Waals surface area contributed by atoms with Gasteiger partial charge < -0.3 is 30.6 Å². The first-order chi connectivity index (χ1) is 17.2. The van der Waals surface area contributed by atoms with Gasteiger partial charge in [0.2, 0.25) is 5.91 Å². The summed E-state index contributed by atoms with van der Waals surface area (Å²) in [6.45, 7) is 9.63. The molecule has 0 radical (unpaired) electrons. The molecule has 11 nitrogen and oxygen atoms in total. The molecule has 4 N–H and O–H groups in total. The Balaban J connectivity index is 1.53. The number of anilines is 1. The first kappa shape index (κ1) is 25.0. The van der Waals surface area contributed by atoms with E-state index in [9.17, 15) is 19.8 Å². The van der Waals surface area contributed by atoms with Gasteiger partial charge in [-0.05, 0) is 30.5 Å². The SMILES string of the molecule is C=C1N(CCC)C(=O)C2=C(N1CCC)N(C)C(c1cc(NC(=O)Cc3ccc(O)c(O)c3)nn1C)N2. The number of hydrogen-bond acceptors (Lipinski definition) is 8. The first-order valence-corrected chi connectivity index (χ1v) is 12.0. The summed E-state index contributed by atoms with van der Waals surface area (Å²) in [4.78, 5) is 31.7. The van der Waals surface area contributed by atoms with Gasteiger partial charge in [0, 0.05) is 33.3 Å². The van der Waals surface area contributed by atoms with Crippen molar-refractivity contribution in [1.29, 1.82) is 0 Å². The van der Waals surface area contributed by atoms with Crippen molar-refractivity contribution in [3.63, 3.8) is 0 Å². The Kier molecular flexibility index (Phi) is 6.82. The van der Waals surface area contributed by atoms with E-state index < -0.39 is 0 Å². The second kappa shape index (κ2) is 9.84. The number of nitrogens with one attached hydrogen (secondary N) is 2. The summed E-state index contributed by atoms with van der Waals surface area (Å²) in [7, 11) is 3.70. The summed E-state index contributed by atoms with van der Waals surface area (Å²) in [6.07, 6.45) is 1.35. The third kappa shape index (κ3) is 4.43. The van der Waals surface area contributed by atoms with Gasteiger partial charge in [0.25, 0.3) is 5.91 Å². The van der Waals surface area contributed by atoms with Gasteiger partial charge >= 0.3 is 0 Å². The summed E-state index contributed by atoms with van der Waals surface area (Å²) in [5.74, 6) is 0.888. The standard InChI is InChI=1S/C25H33N7O4/c1-6-10-31-15(3)32(11-7-2)25(36)22-24(31)29(4)23(27-22)17-14-20(28-30(17)5)26-21(35)13-16-8-9-18(33)19(34)12-16/h8-9,12,14,23,27,33-34H,3,6-7,10-11,13H2,1-2,4-5H3,(H,26,28,35). The van der Waals surface area contributed by atoms with Gasteiger partial charge in [-0.15, -0.1) is 0 Å². The van der Waals surface area contributed by atoms with Gasteiger partial charge in [0.15, 0.2) is 17.3 Å². The minimum atomic E-state index is -0.370. The molecule has 2 aromatic rings. The molecule has 1 aromatic heterocycles. The van der Waals surface area contributed by atoms with Crippen molar-refractivity contribution < 1.29 is 19.8 Å². The number of amides is 2. The van der Waals surface area contributed by atoms with Gasteiger partial charge in [0.05, 0.1) is 12.1 Å². The van der Waals surface area contributed by atoms with Crippen molar-refractivity contribution in [1.82, 2.24) is 29.8 Å². The Labute approximate surface area is 210 Å². The topological polar surface area (TPSA) is 126 Å².